The smallest absolute Gasteiger partial charge is 0.123 e. The highest BCUT2D eigenvalue weighted by atomic mass is 32.1. The van der Waals surface area contributed by atoms with Crippen LogP contribution in [0, 0.1) is 18.3 Å². The lowest BCUT2D eigenvalue weighted by Crippen LogP contribution is -1.84. The van der Waals surface area contributed by atoms with Crippen LogP contribution < -0.4 is 0 Å². The highest BCUT2D eigenvalue weighted by molar-refractivity contribution is 7.13. The first-order valence-electron chi connectivity index (χ1n) is 5.18. The molecular formula is C13H12N2S. The molecule has 0 fully saturated rings. The molecule has 2 nitrogen and oxygen atoms in total. The van der Waals surface area contributed by atoms with Gasteiger partial charge in [-0.15, -0.1) is 11.3 Å². The van der Waals surface area contributed by atoms with Crippen molar-refractivity contribution in [2.75, 3.05) is 0 Å². The summed E-state index contributed by atoms with van der Waals surface area (Å²) in [6.45, 7) is 2.07. The molecule has 2 aromatic rings. The topological polar surface area (TPSA) is 36.7 Å². The summed E-state index contributed by atoms with van der Waals surface area (Å²) in [7, 11) is 0. The second-order valence-electron chi connectivity index (χ2n) is 3.67. The summed E-state index contributed by atoms with van der Waals surface area (Å²) in [5, 5.41) is 11.6. The molecule has 0 unspecified atom stereocenters. The number of thiazole rings is 1. The Labute approximate surface area is 99.2 Å². The minimum absolute atomic E-state index is 0.539. The molecule has 0 aliphatic rings. The number of rotatable bonds is 3. The summed E-state index contributed by atoms with van der Waals surface area (Å²) in [6.07, 6.45) is 1.29. The SMILES string of the molecule is Cc1ccc(-c2nc(CCC#N)cs2)cc1. The Morgan fingerprint density at radius 3 is 2.75 bits per heavy atom. The van der Waals surface area contributed by atoms with E-state index in [1.54, 1.807) is 11.3 Å². The third-order valence-corrected chi connectivity index (χ3v) is 3.28. The van der Waals surface area contributed by atoms with Crippen LogP contribution in [-0.2, 0) is 6.42 Å². The van der Waals surface area contributed by atoms with Crippen LogP contribution >= 0.6 is 11.3 Å². The van der Waals surface area contributed by atoms with E-state index in [0.29, 0.717) is 6.42 Å². The fourth-order valence-corrected chi connectivity index (χ4v) is 2.29. The monoisotopic (exact) mass is 228 g/mol. The third-order valence-electron chi connectivity index (χ3n) is 2.34. The lowest BCUT2D eigenvalue weighted by molar-refractivity contribution is 0.969. The molecule has 0 atom stereocenters. The van der Waals surface area contributed by atoms with Crippen LogP contribution in [0.2, 0.25) is 0 Å². The first-order chi connectivity index (χ1) is 7.79. The van der Waals surface area contributed by atoms with Crippen LogP contribution in [0.15, 0.2) is 29.6 Å². The largest absolute Gasteiger partial charge is 0.241 e. The summed E-state index contributed by atoms with van der Waals surface area (Å²) < 4.78 is 0. The second-order valence-corrected chi connectivity index (χ2v) is 4.53. The van der Waals surface area contributed by atoms with Crippen LogP contribution in [0.5, 0.6) is 0 Å². The van der Waals surface area contributed by atoms with E-state index in [-0.39, 0.29) is 0 Å². The number of benzene rings is 1. The Hall–Kier alpha value is -1.66. The molecular weight excluding hydrogens is 216 g/mol. The van der Waals surface area contributed by atoms with Gasteiger partial charge in [0.2, 0.25) is 0 Å². The minimum atomic E-state index is 0.539. The van der Waals surface area contributed by atoms with Crippen LogP contribution in [0.25, 0.3) is 10.6 Å². The standard InChI is InChI=1S/C13H12N2S/c1-10-4-6-11(7-5-10)13-15-12(9-16-13)3-2-8-14/h4-7,9H,2-3H2,1H3. The zero-order valence-electron chi connectivity index (χ0n) is 9.10. The molecule has 0 radical (unpaired) electrons. The van der Waals surface area contributed by atoms with Crippen LogP contribution in [0.1, 0.15) is 17.7 Å². The number of hydrogen-bond acceptors (Lipinski definition) is 3. The van der Waals surface area contributed by atoms with Gasteiger partial charge in [-0.25, -0.2) is 4.98 Å². The van der Waals surface area contributed by atoms with Gasteiger partial charge < -0.3 is 0 Å². The molecule has 0 amide bonds. The first kappa shape index (κ1) is 10.8. The molecule has 0 aliphatic carbocycles. The predicted octanol–water partition coefficient (Wildman–Crippen LogP) is 3.57. The van der Waals surface area contributed by atoms with E-state index in [4.69, 9.17) is 5.26 Å². The number of hydrogen-bond donors (Lipinski definition) is 0. The number of aromatic nitrogens is 1. The van der Waals surface area contributed by atoms with Gasteiger partial charge >= 0.3 is 0 Å². The van der Waals surface area contributed by atoms with E-state index < -0.39 is 0 Å². The van der Waals surface area contributed by atoms with Crippen molar-refractivity contribution in [3.05, 3.63) is 40.9 Å². The van der Waals surface area contributed by atoms with E-state index in [1.807, 2.05) is 5.38 Å². The van der Waals surface area contributed by atoms with Gasteiger partial charge in [0, 0.05) is 23.8 Å². The van der Waals surface area contributed by atoms with Crippen molar-refractivity contribution in [2.24, 2.45) is 0 Å². The maximum Gasteiger partial charge on any atom is 0.123 e. The van der Waals surface area contributed by atoms with E-state index in [9.17, 15) is 0 Å². The van der Waals surface area contributed by atoms with Gasteiger partial charge in [0.15, 0.2) is 0 Å². The molecule has 1 heterocycles. The molecule has 0 saturated heterocycles. The zero-order valence-corrected chi connectivity index (χ0v) is 9.92. The molecule has 80 valence electrons. The van der Waals surface area contributed by atoms with Crippen LogP contribution in [0.3, 0.4) is 0 Å². The maximum atomic E-state index is 8.51. The van der Waals surface area contributed by atoms with Crippen LogP contribution in [0.4, 0.5) is 0 Å². The van der Waals surface area contributed by atoms with Crippen molar-refractivity contribution in [1.82, 2.24) is 4.98 Å². The molecule has 0 N–H and O–H groups in total. The van der Waals surface area contributed by atoms with Crippen molar-refractivity contribution in [1.29, 1.82) is 5.26 Å². The van der Waals surface area contributed by atoms with Gasteiger partial charge in [-0.2, -0.15) is 5.26 Å². The number of nitriles is 1. The highest BCUT2D eigenvalue weighted by Crippen LogP contribution is 2.24. The van der Waals surface area contributed by atoms with Crippen molar-refractivity contribution in [3.63, 3.8) is 0 Å². The van der Waals surface area contributed by atoms with Gasteiger partial charge in [0.25, 0.3) is 0 Å². The van der Waals surface area contributed by atoms with Crippen molar-refractivity contribution < 1.29 is 0 Å². The first-order valence-corrected chi connectivity index (χ1v) is 6.06. The molecule has 1 aromatic carbocycles. The van der Waals surface area contributed by atoms with Gasteiger partial charge in [-0.3, -0.25) is 0 Å². The van der Waals surface area contributed by atoms with E-state index in [2.05, 4.69) is 42.2 Å². The lowest BCUT2D eigenvalue weighted by atomic mass is 10.2. The summed E-state index contributed by atoms with van der Waals surface area (Å²) in [5.41, 5.74) is 3.42. The molecule has 1 aromatic heterocycles. The van der Waals surface area contributed by atoms with Gasteiger partial charge in [-0.1, -0.05) is 29.8 Å². The normalized spacial score (nSPS) is 10.0. The maximum absolute atomic E-state index is 8.51. The Morgan fingerprint density at radius 2 is 2.06 bits per heavy atom. The van der Waals surface area contributed by atoms with E-state index in [1.165, 1.54) is 5.56 Å². The molecule has 0 bridgehead atoms. The fraction of sp³-hybridized carbons (Fsp3) is 0.231. The molecule has 0 spiro atoms. The third kappa shape index (κ3) is 2.47. The van der Waals surface area contributed by atoms with Crippen molar-refractivity contribution >= 4 is 11.3 Å². The highest BCUT2D eigenvalue weighted by Gasteiger charge is 2.03. The lowest BCUT2D eigenvalue weighted by Gasteiger charge is -1.96. The molecule has 2 rings (SSSR count). The minimum Gasteiger partial charge on any atom is -0.241 e. The quantitative estimate of drug-likeness (QED) is 0.805. The average molecular weight is 228 g/mol. The molecule has 3 heteroatoms. The summed E-state index contributed by atoms with van der Waals surface area (Å²) in [5.74, 6) is 0. The van der Waals surface area contributed by atoms with Gasteiger partial charge in [0.05, 0.1) is 11.8 Å². The summed E-state index contributed by atoms with van der Waals surface area (Å²) in [6, 6.07) is 10.5. The zero-order chi connectivity index (χ0) is 11.4. The predicted molar refractivity (Wildman–Crippen MR) is 66.2 cm³/mol. The molecule has 0 aliphatic heterocycles. The van der Waals surface area contributed by atoms with Gasteiger partial charge in [0.1, 0.15) is 5.01 Å². The average Bonchev–Trinajstić information content (AvgIpc) is 2.76. The summed E-state index contributed by atoms with van der Waals surface area (Å²) >= 11 is 1.64. The van der Waals surface area contributed by atoms with E-state index >= 15 is 0 Å². The Balaban J connectivity index is 2.18. The Kier molecular flexibility index (Phi) is 3.33. The van der Waals surface area contributed by atoms with Gasteiger partial charge in [-0.05, 0) is 6.92 Å². The van der Waals surface area contributed by atoms with Crippen molar-refractivity contribution in [2.45, 2.75) is 19.8 Å². The number of aryl methyl sites for hydroxylation is 2. The number of nitrogens with zero attached hydrogens (tertiary/aromatic N) is 2. The molecule has 16 heavy (non-hydrogen) atoms. The fourth-order valence-electron chi connectivity index (χ4n) is 1.43. The summed E-state index contributed by atoms with van der Waals surface area (Å²) in [4.78, 5) is 4.52. The van der Waals surface area contributed by atoms with Crippen molar-refractivity contribution in [3.8, 4) is 16.6 Å². The molecule has 0 saturated carbocycles. The Bertz CT molecular complexity index is 505. The van der Waals surface area contributed by atoms with E-state index in [0.717, 1.165) is 22.7 Å². The second kappa shape index (κ2) is 4.91. The van der Waals surface area contributed by atoms with Crippen LogP contribution in [-0.4, -0.2) is 4.98 Å². The Morgan fingerprint density at radius 1 is 1.31 bits per heavy atom.